The van der Waals surface area contributed by atoms with Crippen LogP contribution in [-0.2, 0) is 0 Å². The minimum Gasteiger partial charge on any atom is -0.336 e. The predicted molar refractivity (Wildman–Crippen MR) is 87.2 cm³/mol. The van der Waals surface area contributed by atoms with Gasteiger partial charge >= 0.3 is 0 Å². The van der Waals surface area contributed by atoms with Crippen molar-refractivity contribution in [3.05, 3.63) is 41.0 Å². The predicted octanol–water partition coefficient (Wildman–Crippen LogP) is 2.85. The number of carbonyl (C=O) groups excluding carboxylic acids is 1. The van der Waals surface area contributed by atoms with Crippen molar-refractivity contribution in [3.63, 3.8) is 0 Å². The number of piperazine rings is 1. The Balaban J connectivity index is 1.62. The van der Waals surface area contributed by atoms with Gasteiger partial charge < -0.3 is 10.2 Å². The van der Waals surface area contributed by atoms with Crippen molar-refractivity contribution in [1.82, 2.24) is 15.2 Å². The first kappa shape index (κ1) is 14.0. The Bertz CT molecular complexity index is 721. The van der Waals surface area contributed by atoms with E-state index in [9.17, 15) is 4.79 Å². The van der Waals surface area contributed by atoms with Crippen LogP contribution >= 0.6 is 11.6 Å². The van der Waals surface area contributed by atoms with Gasteiger partial charge in [0.2, 0.25) is 0 Å². The molecule has 2 unspecified atom stereocenters. The first-order valence-corrected chi connectivity index (χ1v) is 8.18. The summed E-state index contributed by atoms with van der Waals surface area (Å²) < 4.78 is 0. The topological polar surface area (TPSA) is 45.2 Å². The number of nitrogens with zero attached hydrogens (tertiary/aromatic N) is 2. The Morgan fingerprint density at radius 2 is 2.00 bits per heavy atom. The molecule has 5 heteroatoms. The molecule has 1 amide bonds. The van der Waals surface area contributed by atoms with Gasteiger partial charge in [0.1, 0.15) is 0 Å². The highest BCUT2D eigenvalue weighted by Gasteiger charge is 2.32. The molecule has 2 bridgehead atoms. The van der Waals surface area contributed by atoms with Crippen molar-refractivity contribution < 1.29 is 4.79 Å². The number of aromatic nitrogens is 1. The summed E-state index contributed by atoms with van der Waals surface area (Å²) in [6, 6.07) is 8.26. The second-order valence-electron chi connectivity index (χ2n) is 6.23. The van der Waals surface area contributed by atoms with E-state index in [4.69, 9.17) is 11.6 Å². The van der Waals surface area contributed by atoms with E-state index >= 15 is 0 Å². The van der Waals surface area contributed by atoms with E-state index in [1.807, 2.05) is 23.1 Å². The Hall–Kier alpha value is -1.65. The molecule has 0 saturated carbocycles. The van der Waals surface area contributed by atoms with E-state index < -0.39 is 0 Å². The monoisotopic (exact) mass is 315 g/mol. The van der Waals surface area contributed by atoms with Gasteiger partial charge in [-0.2, -0.15) is 0 Å². The molecule has 2 aliphatic rings. The van der Waals surface area contributed by atoms with E-state index in [1.165, 1.54) is 6.42 Å². The molecule has 1 N–H and O–H groups in total. The molecule has 2 atom stereocenters. The summed E-state index contributed by atoms with van der Waals surface area (Å²) in [4.78, 5) is 19.1. The number of halogens is 1. The zero-order valence-corrected chi connectivity index (χ0v) is 13.0. The highest BCUT2D eigenvalue weighted by molar-refractivity contribution is 6.35. The van der Waals surface area contributed by atoms with Crippen LogP contribution in [0.4, 0.5) is 0 Å². The van der Waals surface area contributed by atoms with Crippen LogP contribution in [0.15, 0.2) is 30.5 Å². The van der Waals surface area contributed by atoms with Gasteiger partial charge in [0, 0.05) is 42.3 Å². The van der Waals surface area contributed by atoms with E-state index in [1.54, 1.807) is 12.3 Å². The number of pyridine rings is 1. The standard InChI is InChI=1S/C17H18ClN3O/c18-15-6-7-19-16-8-11(4-5-14(15)16)17(22)21-9-12-2-1-3-13(10-21)20-12/h4-8,12-13,20H,1-3,9-10H2. The Labute approximate surface area is 134 Å². The molecule has 2 aliphatic heterocycles. The maximum absolute atomic E-state index is 12.8. The van der Waals surface area contributed by atoms with Crippen LogP contribution in [0.1, 0.15) is 29.6 Å². The van der Waals surface area contributed by atoms with Gasteiger partial charge in [-0.05, 0) is 31.0 Å². The van der Waals surface area contributed by atoms with Crippen molar-refractivity contribution in [2.24, 2.45) is 0 Å². The van der Waals surface area contributed by atoms with Crippen LogP contribution in [0.5, 0.6) is 0 Å². The molecule has 22 heavy (non-hydrogen) atoms. The fourth-order valence-corrected chi connectivity index (χ4v) is 3.82. The number of amides is 1. The molecule has 4 rings (SSSR count). The van der Waals surface area contributed by atoms with Crippen molar-refractivity contribution in [3.8, 4) is 0 Å². The third kappa shape index (κ3) is 2.46. The lowest BCUT2D eigenvalue weighted by atomic mass is 9.94. The van der Waals surface area contributed by atoms with Crippen molar-refractivity contribution in [2.75, 3.05) is 13.1 Å². The highest BCUT2D eigenvalue weighted by atomic mass is 35.5. The lowest BCUT2D eigenvalue weighted by molar-refractivity contribution is 0.0608. The summed E-state index contributed by atoms with van der Waals surface area (Å²) in [6.07, 6.45) is 5.27. The molecule has 1 aromatic carbocycles. The lowest BCUT2D eigenvalue weighted by Gasteiger charge is -2.42. The van der Waals surface area contributed by atoms with Gasteiger partial charge in [0.05, 0.1) is 10.5 Å². The zero-order chi connectivity index (χ0) is 15.1. The van der Waals surface area contributed by atoms with Gasteiger partial charge in [-0.15, -0.1) is 0 Å². The summed E-state index contributed by atoms with van der Waals surface area (Å²) in [5.41, 5.74) is 1.47. The third-order valence-corrected chi connectivity index (χ3v) is 5.01. The molecule has 0 radical (unpaired) electrons. The molecule has 2 aromatic rings. The minimum absolute atomic E-state index is 0.0991. The molecular weight excluding hydrogens is 298 g/mol. The Morgan fingerprint density at radius 3 is 2.77 bits per heavy atom. The largest absolute Gasteiger partial charge is 0.336 e. The molecule has 0 spiro atoms. The van der Waals surface area contributed by atoms with E-state index in [0.29, 0.717) is 22.7 Å². The average molecular weight is 316 g/mol. The normalized spacial score (nSPS) is 24.5. The molecular formula is C17H18ClN3O. The van der Waals surface area contributed by atoms with Gasteiger partial charge in [-0.25, -0.2) is 0 Å². The first-order chi connectivity index (χ1) is 10.7. The van der Waals surface area contributed by atoms with E-state index in [0.717, 1.165) is 36.8 Å². The number of benzene rings is 1. The van der Waals surface area contributed by atoms with Crippen molar-refractivity contribution in [1.29, 1.82) is 0 Å². The van der Waals surface area contributed by atoms with Crippen LogP contribution in [0.2, 0.25) is 5.02 Å². The number of fused-ring (bicyclic) bond motifs is 3. The summed E-state index contributed by atoms with van der Waals surface area (Å²) in [5.74, 6) is 0.0991. The van der Waals surface area contributed by atoms with Crippen LogP contribution in [0.25, 0.3) is 10.9 Å². The SMILES string of the molecule is O=C(c1ccc2c(Cl)ccnc2c1)N1CC2CCCC(C1)N2. The summed E-state index contributed by atoms with van der Waals surface area (Å²) in [6.45, 7) is 1.60. The fourth-order valence-electron chi connectivity index (χ4n) is 3.60. The van der Waals surface area contributed by atoms with Crippen LogP contribution in [0, 0.1) is 0 Å². The van der Waals surface area contributed by atoms with Crippen molar-refractivity contribution in [2.45, 2.75) is 31.3 Å². The molecule has 1 aromatic heterocycles. The second-order valence-corrected chi connectivity index (χ2v) is 6.63. The summed E-state index contributed by atoms with van der Waals surface area (Å²) in [7, 11) is 0. The van der Waals surface area contributed by atoms with E-state index in [2.05, 4.69) is 10.3 Å². The maximum atomic E-state index is 12.8. The maximum Gasteiger partial charge on any atom is 0.254 e. The second kappa shape index (κ2) is 5.52. The zero-order valence-electron chi connectivity index (χ0n) is 12.3. The highest BCUT2D eigenvalue weighted by Crippen LogP contribution is 2.24. The van der Waals surface area contributed by atoms with Crippen LogP contribution in [0.3, 0.4) is 0 Å². The van der Waals surface area contributed by atoms with E-state index in [-0.39, 0.29) is 5.91 Å². The average Bonchev–Trinajstić information content (AvgIpc) is 2.53. The molecule has 2 saturated heterocycles. The molecule has 4 nitrogen and oxygen atoms in total. The number of likely N-dealkylation sites (tertiary alicyclic amines) is 1. The number of piperidine rings is 1. The van der Waals surface area contributed by atoms with Crippen LogP contribution in [-0.4, -0.2) is 41.0 Å². The number of rotatable bonds is 1. The van der Waals surface area contributed by atoms with Gasteiger partial charge in [-0.1, -0.05) is 24.1 Å². The first-order valence-electron chi connectivity index (χ1n) is 7.80. The Morgan fingerprint density at radius 1 is 1.23 bits per heavy atom. The smallest absolute Gasteiger partial charge is 0.254 e. The number of carbonyl (C=O) groups is 1. The van der Waals surface area contributed by atoms with Gasteiger partial charge in [-0.3, -0.25) is 9.78 Å². The van der Waals surface area contributed by atoms with Crippen molar-refractivity contribution >= 4 is 28.4 Å². The molecule has 114 valence electrons. The number of nitrogens with one attached hydrogen (secondary N) is 1. The van der Waals surface area contributed by atoms with Crippen LogP contribution < -0.4 is 5.32 Å². The third-order valence-electron chi connectivity index (χ3n) is 4.68. The lowest BCUT2D eigenvalue weighted by Crippen LogP contribution is -2.59. The summed E-state index contributed by atoms with van der Waals surface area (Å²) in [5, 5.41) is 5.16. The molecule has 3 heterocycles. The van der Waals surface area contributed by atoms with Gasteiger partial charge in [0.25, 0.3) is 5.91 Å². The number of hydrogen-bond acceptors (Lipinski definition) is 3. The van der Waals surface area contributed by atoms with Gasteiger partial charge in [0.15, 0.2) is 0 Å². The fraction of sp³-hybridized carbons (Fsp3) is 0.412. The summed E-state index contributed by atoms with van der Waals surface area (Å²) >= 11 is 6.16. The quantitative estimate of drug-likeness (QED) is 0.880. The molecule has 0 aliphatic carbocycles. The Kier molecular flexibility index (Phi) is 3.51. The minimum atomic E-state index is 0.0991. The number of hydrogen-bond donors (Lipinski definition) is 1. The molecule has 2 fully saturated rings.